The molecule has 80 valence electrons. The first-order valence-electron chi connectivity index (χ1n) is 4.21. The van der Waals surface area contributed by atoms with E-state index < -0.39 is 9.84 Å². The van der Waals surface area contributed by atoms with E-state index in [1.807, 2.05) is 0 Å². The van der Waals surface area contributed by atoms with Gasteiger partial charge in [0.15, 0.2) is 0 Å². The fourth-order valence-electron chi connectivity index (χ4n) is 0.716. The van der Waals surface area contributed by atoms with Gasteiger partial charge in [-0.1, -0.05) is 45.7 Å². The molecule has 0 atom stereocenters. The normalized spacial score (nSPS) is 13.2. The molecule has 0 saturated carbocycles. The zero-order valence-corrected chi connectivity index (χ0v) is 12.0. The lowest BCUT2D eigenvalue weighted by Gasteiger charge is -2.24. The zero-order chi connectivity index (χ0) is 10.5. The fraction of sp³-hybridized carbons (Fsp3) is 1.00. The first-order valence-corrected chi connectivity index (χ1v) is 8.28. The van der Waals surface area contributed by atoms with Crippen molar-refractivity contribution in [1.29, 1.82) is 0 Å². The summed E-state index contributed by atoms with van der Waals surface area (Å²) in [5, 5.41) is 1.65. The van der Waals surface area contributed by atoms with Crippen LogP contribution in [0.4, 0.5) is 0 Å². The highest BCUT2D eigenvalue weighted by atomic mass is 79.9. The molecule has 0 unspecified atom stereocenters. The predicted molar refractivity (Wildman–Crippen MR) is 64.6 cm³/mol. The van der Waals surface area contributed by atoms with Gasteiger partial charge in [0, 0.05) is 16.4 Å². The minimum atomic E-state index is -2.81. The van der Waals surface area contributed by atoms with E-state index in [9.17, 15) is 8.42 Å². The predicted octanol–water partition coefficient (Wildman–Crippen LogP) is 2.61. The first kappa shape index (κ1) is 13.9. The Morgan fingerprint density at radius 2 is 1.69 bits per heavy atom. The van der Waals surface area contributed by atoms with E-state index in [1.54, 1.807) is 6.92 Å². The Bertz CT molecular complexity index is 233. The van der Waals surface area contributed by atoms with Crippen molar-refractivity contribution in [3.8, 4) is 0 Å². The SMILES string of the molecule is CCS(=O)(=O)CCC(C)(CBr)CBr. The van der Waals surface area contributed by atoms with Gasteiger partial charge in [-0.05, 0) is 11.8 Å². The third-order valence-corrected chi connectivity index (χ3v) is 6.51. The Kier molecular flexibility index (Phi) is 6.11. The Balaban J connectivity index is 4.15. The standard InChI is InChI=1S/C8H16Br2O2S/c1-3-13(11,12)5-4-8(2,6-9)7-10/h3-7H2,1-2H3. The fourth-order valence-corrected chi connectivity index (χ4v) is 3.30. The summed E-state index contributed by atoms with van der Waals surface area (Å²) in [7, 11) is -2.81. The molecule has 0 aliphatic heterocycles. The number of sulfone groups is 1. The maximum Gasteiger partial charge on any atom is 0.150 e. The van der Waals surface area contributed by atoms with Crippen LogP contribution in [0.3, 0.4) is 0 Å². The summed E-state index contributed by atoms with van der Waals surface area (Å²) in [6.07, 6.45) is 0.708. The van der Waals surface area contributed by atoms with Gasteiger partial charge in [-0.3, -0.25) is 0 Å². The van der Waals surface area contributed by atoms with Gasteiger partial charge in [0.25, 0.3) is 0 Å². The van der Waals surface area contributed by atoms with Gasteiger partial charge in [-0.25, -0.2) is 8.42 Å². The van der Waals surface area contributed by atoms with Crippen molar-refractivity contribution >= 4 is 41.7 Å². The van der Waals surface area contributed by atoms with E-state index in [0.29, 0.717) is 6.42 Å². The highest BCUT2D eigenvalue weighted by Gasteiger charge is 2.23. The summed E-state index contributed by atoms with van der Waals surface area (Å²) in [4.78, 5) is 0. The van der Waals surface area contributed by atoms with E-state index in [2.05, 4.69) is 38.8 Å². The number of hydrogen-bond acceptors (Lipinski definition) is 2. The van der Waals surface area contributed by atoms with Gasteiger partial charge >= 0.3 is 0 Å². The van der Waals surface area contributed by atoms with Crippen molar-refractivity contribution in [3.05, 3.63) is 0 Å². The van der Waals surface area contributed by atoms with Crippen LogP contribution in [0.2, 0.25) is 0 Å². The molecule has 0 aromatic carbocycles. The Morgan fingerprint density at radius 1 is 1.23 bits per heavy atom. The van der Waals surface area contributed by atoms with Gasteiger partial charge in [-0.15, -0.1) is 0 Å². The van der Waals surface area contributed by atoms with Crippen LogP contribution in [0.5, 0.6) is 0 Å². The summed E-state index contributed by atoms with van der Waals surface area (Å²) >= 11 is 6.79. The molecule has 0 N–H and O–H groups in total. The van der Waals surface area contributed by atoms with E-state index in [4.69, 9.17) is 0 Å². The lowest BCUT2D eigenvalue weighted by atomic mass is 9.93. The minimum Gasteiger partial charge on any atom is -0.229 e. The van der Waals surface area contributed by atoms with Gasteiger partial charge in [-0.2, -0.15) is 0 Å². The van der Waals surface area contributed by atoms with Crippen molar-refractivity contribution in [2.24, 2.45) is 5.41 Å². The molecule has 0 heterocycles. The molecule has 0 aliphatic carbocycles. The molecule has 0 spiro atoms. The molecule has 0 rings (SSSR count). The molecule has 0 aliphatic rings. The molecular weight excluding hydrogens is 320 g/mol. The van der Waals surface area contributed by atoms with Crippen LogP contribution < -0.4 is 0 Å². The van der Waals surface area contributed by atoms with Gasteiger partial charge in [0.2, 0.25) is 0 Å². The molecule has 0 fully saturated rings. The summed E-state index contributed by atoms with van der Waals surface area (Å²) < 4.78 is 22.5. The van der Waals surface area contributed by atoms with Crippen LogP contribution >= 0.6 is 31.9 Å². The van der Waals surface area contributed by atoms with Crippen LogP contribution in [-0.2, 0) is 9.84 Å². The molecule has 0 aromatic heterocycles. The van der Waals surface area contributed by atoms with Gasteiger partial charge < -0.3 is 0 Å². The smallest absolute Gasteiger partial charge is 0.150 e. The molecule has 0 amide bonds. The molecular formula is C8H16Br2O2S. The lowest BCUT2D eigenvalue weighted by molar-refractivity contribution is 0.423. The van der Waals surface area contributed by atoms with Crippen molar-refractivity contribution < 1.29 is 8.42 Å². The molecule has 13 heavy (non-hydrogen) atoms. The minimum absolute atomic E-state index is 0.0439. The van der Waals surface area contributed by atoms with E-state index in [-0.39, 0.29) is 16.9 Å². The summed E-state index contributed by atoms with van der Waals surface area (Å²) in [6.45, 7) is 3.76. The monoisotopic (exact) mass is 334 g/mol. The quantitative estimate of drug-likeness (QED) is 0.699. The van der Waals surface area contributed by atoms with Crippen molar-refractivity contribution in [3.63, 3.8) is 0 Å². The summed E-state index contributed by atoms with van der Waals surface area (Å²) in [5.41, 5.74) is 0.0439. The second kappa shape index (κ2) is 5.71. The highest BCUT2D eigenvalue weighted by Crippen LogP contribution is 2.27. The largest absolute Gasteiger partial charge is 0.229 e. The zero-order valence-electron chi connectivity index (χ0n) is 8.02. The topological polar surface area (TPSA) is 34.1 Å². The Labute approximate surface area is 97.7 Å². The third-order valence-electron chi connectivity index (χ3n) is 2.10. The molecule has 0 bridgehead atoms. The van der Waals surface area contributed by atoms with Crippen molar-refractivity contribution in [2.45, 2.75) is 20.3 Å². The van der Waals surface area contributed by atoms with Crippen molar-refractivity contribution in [1.82, 2.24) is 0 Å². The Hall–Kier alpha value is 0.910. The molecule has 0 saturated heterocycles. The maximum absolute atomic E-state index is 11.2. The average Bonchev–Trinajstić information content (AvgIpc) is 2.14. The van der Waals surface area contributed by atoms with Crippen LogP contribution in [0.25, 0.3) is 0 Å². The van der Waals surface area contributed by atoms with Crippen LogP contribution in [0.1, 0.15) is 20.3 Å². The third kappa shape index (κ3) is 5.37. The highest BCUT2D eigenvalue weighted by molar-refractivity contribution is 9.09. The van der Waals surface area contributed by atoms with Gasteiger partial charge in [0.05, 0.1) is 5.75 Å². The lowest BCUT2D eigenvalue weighted by Crippen LogP contribution is -2.24. The second-order valence-electron chi connectivity index (χ2n) is 3.56. The second-order valence-corrected chi connectivity index (χ2v) is 7.16. The summed E-state index contributed by atoms with van der Waals surface area (Å²) in [5.74, 6) is 0.533. The number of halogens is 2. The van der Waals surface area contributed by atoms with Crippen LogP contribution in [0, 0.1) is 5.41 Å². The summed E-state index contributed by atoms with van der Waals surface area (Å²) in [6, 6.07) is 0. The molecule has 0 aromatic rings. The number of alkyl halides is 2. The van der Waals surface area contributed by atoms with Crippen LogP contribution in [0.15, 0.2) is 0 Å². The Morgan fingerprint density at radius 3 is 2.00 bits per heavy atom. The van der Waals surface area contributed by atoms with Crippen molar-refractivity contribution in [2.75, 3.05) is 22.2 Å². The van der Waals surface area contributed by atoms with E-state index >= 15 is 0 Å². The van der Waals surface area contributed by atoms with E-state index in [0.717, 1.165) is 10.7 Å². The molecule has 0 radical (unpaired) electrons. The van der Waals surface area contributed by atoms with E-state index in [1.165, 1.54) is 0 Å². The maximum atomic E-state index is 11.2. The molecule has 5 heteroatoms. The van der Waals surface area contributed by atoms with Crippen LogP contribution in [-0.4, -0.2) is 30.6 Å². The average molecular weight is 336 g/mol. The van der Waals surface area contributed by atoms with Gasteiger partial charge in [0.1, 0.15) is 9.84 Å². The molecule has 2 nitrogen and oxygen atoms in total. The first-order chi connectivity index (χ1) is 5.89. The number of rotatable bonds is 6. The number of hydrogen-bond donors (Lipinski definition) is 0.